The van der Waals surface area contributed by atoms with Gasteiger partial charge in [0.2, 0.25) is 5.95 Å². The fourth-order valence-corrected chi connectivity index (χ4v) is 3.38. The molecule has 0 atom stereocenters. The van der Waals surface area contributed by atoms with E-state index in [0.29, 0.717) is 36.6 Å². The molecule has 132 valence electrons. The van der Waals surface area contributed by atoms with Crippen molar-refractivity contribution in [2.45, 2.75) is 26.4 Å². The fraction of sp³-hybridized carbons (Fsp3) is 0.333. The first-order valence-corrected chi connectivity index (χ1v) is 8.47. The Morgan fingerprint density at radius 1 is 1.31 bits per heavy atom. The number of aromatic nitrogens is 2. The lowest BCUT2D eigenvalue weighted by Gasteiger charge is -2.31. The minimum Gasteiger partial charge on any atom is -0.357 e. The van der Waals surface area contributed by atoms with Gasteiger partial charge in [-0.15, -0.1) is 0 Å². The van der Waals surface area contributed by atoms with E-state index in [9.17, 15) is 9.65 Å². The molecular formula is C18H16ClFN6. The van der Waals surface area contributed by atoms with Crippen molar-refractivity contribution in [3.63, 3.8) is 0 Å². The van der Waals surface area contributed by atoms with Gasteiger partial charge in [0.25, 0.3) is 0 Å². The van der Waals surface area contributed by atoms with Crippen LogP contribution in [0.5, 0.6) is 0 Å². The number of aryl methyl sites for hydroxylation is 1. The number of fused-ring (bicyclic) bond motifs is 1. The summed E-state index contributed by atoms with van der Waals surface area (Å²) in [6, 6.07) is 7.24. The molecule has 2 aromatic rings. The van der Waals surface area contributed by atoms with Gasteiger partial charge in [-0.05, 0) is 30.5 Å². The molecule has 8 heteroatoms. The van der Waals surface area contributed by atoms with Gasteiger partial charge in [-0.25, -0.2) is 9.97 Å². The van der Waals surface area contributed by atoms with Crippen LogP contribution in [0.25, 0.3) is 0 Å². The molecule has 0 saturated heterocycles. The predicted octanol–water partition coefficient (Wildman–Crippen LogP) is 2.94. The molecule has 1 N–H and O–H groups in total. The highest BCUT2D eigenvalue weighted by Gasteiger charge is 2.25. The van der Waals surface area contributed by atoms with Gasteiger partial charge in [0.05, 0.1) is 11.6 Å². The van der Waals surface area contributed by atoms with Crippen LogP contribution in [0.4, 0.5) is 10.2 Å². The summed E-state index contributed by atoms with van der Waals surface area (Å²) >= 11 is 6.17. The zero-order chi connectivity index (χ0) is 18.7. The summed E-state index contributed by atoms with van der Waals surface area (Å²) < 4.78 is 13.2. The third-order valence-corrected chi connectivity index (χ3v) is 4.70. The van der Waals surface area contributed by atoms with E-state index < -0.39 is 5.95 Å². The van der Waals surface area contributed by atoms with E-state index >= 15 is 0 Å². The number of halogens is 2. The van der Waals surface area contributed by atoms with Crippen LogP contribution in [-0.4, -0.2) is 28.0 Å². The smallest absolute Gasteiger partial charge is 0.213 e. The zero-order valence-corrected chi connectivity index (χ0v) is 14.9. The van der Waals surface area contributed by atoms with Crippen LogP contribution in [0.1, 0.15) is 27.9 Å². The van der Waals surface area contributed by atoms with Gasteiger partial charge in [0, 0.05) is 30.9 Å². The van der Waals surface area contributed by atoms with Crippen molar-refractivity contribution in [1.29, 1.82) is 10.5 Å². The number of anilines is 1. The van der Waals surface area contributed by atoms with Crippen LogP contribution in [-0.2, 0) is 19.5 Å². The Hall–Kier alpha value is -2.74. The normalized spacial score (nSPS) is 13.6. The third kappa shape index (κ3) is 3.60. The van der Waals surface area contributed by atoms with Crippen molar-refractivity contribution < 1.29 is 4.39 Å². The average molecular weight is 371 g/mol. The van der Waals surface area contributed by atoms with Crippen LogP contribution in [0.3, 0.4) is 0 Å². The number of rotatable bonds is 4. The van der Waals surface area contributed by atoms with E-state index in [1.165, 1.54) is 6.07 Å². The number of nitriles is 2. The highest BCUT2D eigenvalue weighted by atomic mass is 35.5. The van der Waals surface area contributed by atoms with Crippen LogP contribution in [0.2, 0.25) is 5.15 Å². The Morgan fingerprint density at radius 3 is 2.81 bits per heavy atom. The average Bonchev–Trinajstić information content (AvgIpc) is 2.62. The summed E-state index contributed by atoms with van der Waals surface area (Å²) in [5.74, 6) is 0.0675. The molecule has 2 aromatic heterocycles. The van der Waals surface area contributed by atoms with Crippen LogP contribution < -0.4 is 5.32 Å². The Bertz CT molecular complexity index is 931. The van der Waals surface area contributed by atoms with Crippen LogP contribution in [0.15, 0.2) is 12.1 Å². The summed E-state index contributed by atoms with van der Waals surface area (Å²) in [5, 5.41) is 21.4. The molecule has 0 amide bonds. The van der Waals surface area contributed by atoms with Gasteiger partial charge in [0.1, 0.15) is 23.6 Å². The molecule has 6 nitrogen and oxygen atoms in total. The molecule has 0 spiro atoms. The quantitative estimate of drug-likeness (QED) is 0.657. The molecule has 1 aliphatic rings. The summed E-state index contributed by atoms with van der Waals surface area (Å²) in [6.07, 6.45) is 0.676. The van der Waals surface area contributed by atoms with Gasteiger partial charge in [0.15, 0.2) is 0 Å². The van der Waals surface area contributed by atoms with E-state index in [0.717, 1.165) is 23.2 Å². The second-order valence-corrected chi connectivity index (χ2v) is 6.40. The third-order valence-electron chi connectivity index (χ3n) is 4.43. The largest absolute Gasteiger partial charge is 0.357 e. The molecule has 3 rings (SSSR count). The Kier molecular flexibility index (Phi) is 5.32. The molecule has 0 fully saturated rings. The van der Waals surface area contributed by atoms with E-state index in [1.54, 1.807) is 13.0 Å². The van der Waals surface area contributed by atoms with Gasteiger partial charge in [-0.2, -0.15) is 14.9 Å². The van der Waals surface area contributed by atoms with E-state index in [4.69, 9.17) is 16.9 Å². The lowest BCUT2D eigenvalue weighted by molar-refractivity contribution is 0.244. The summed E-state index contributed by atoms with van der Waals surface area (Å²) in [6.45, 7) is 3.77. The van der Waals surface area contributed by atoms with Crippen molar-refractivity contribution in [3.05, 3.63) is 51.2 Å². The minimum absolute atomic E-state index is 0.117. The Morgan fingerprint density at radius 2 is 2.12 bits per heavy atom. The van der Waals surface area contributed by atoms with Crippen LogP contribution in [0, 0.1) is 35.5 Å². The predicted molar refractivity (Wildman–Crippen MR) is 94.8 cm³/mol. The molecule has 0 unspecified atom stereocenters. The summed E-state index contributed by atoms with van der Waals surface area (Å²) in [7, 11) is 0. The van der Waals surface area contributed by atoms with Gasteiger partial charge < -0.3 is 5.32 Å². The zero-order valence-electron chi connectivity index (χ0n) is 14.2. The van der Waals surface area contributed by atoms with Crippen LogP contribution >= 0.6 is 11.6 Å². The van der Waals surface area contributed by atoms with Crippen molar-refractivity contribution >= 4 is 17.4 Å². The molecule has 26 heavy (non-hydrogen) atoms. The first kappa shape index (κ1) is 18.1. The number of hydrogen-bond acceptors (Lipinski definition) is 6. The van der Waals surface area contributed by atoms with Gasteiger partial charge in [-0.3, -0.25) is 4.90 Å². The number of nitrogens with zero attached hydrogens (tertiary/aromatic N) is 5. The molecule has 3 heterocycles. The maximum absolute atomic E-state index is 13.2. The number of hydrogen-bond donors (Lipinski definition) is 1. The Labute approximate surface area is 155 Å². The topological polar surface area (TPSA) is 88.6 Å². The molecule has 0 saturated carbocycles. The lowest BCUT2D eigenvalue weighted by Crippen LogP contribution is -2.32. The maximum Gasteiger partial charge on any atom is 0.213 e. The first-order valence-electron chi connectivity index (χ1n) is 8.10. The lowest BCUT2D eigenvalue weighted by atomic mass is 9.96. The molecular weight excluding hydrogens is 355 g/mol. The summed E-state index contributed by atoms with van der Waals surface area (Å²) in [4.78, 5) is 10.3. The van der Waals surface area contributed by atoms with E-state index in [-0.39, 0.29) is 11.7 Å². The first-order chi connectivity index (χ1) is 12.5. The van der Waals surface area contributed by atoms with Crippen molar-refractivity contribution in [3.8, 4) is 12.1 Å². The summed E-state index contributed by atoms with van der Waals surface area (Å²) in [5.41, 5.74) is 3.71. The highest BCUT2D eigenvalue weighted by Crippen LogP contribution is 2.32. The molecule has 0 aromatic carbocycles. The fourth-order valence-electron chi connectivity index (χ4n) is 3.14. The van der Waals surface area contributed by atoms with Gasteiger partial charge in [-0.1, -0.05) is 17.7 Å². The maximum atomic E-state index is 13.2. The number of pyridine rings is 2. The minimum atomic E-state index is -0.493. The standard InChI is InChI=1S/C18H16ClFN6/c1-11-12(2-3-16(20)24-11)9-26-7-4-13-15(10-26)14(8-22)17(19)25-18(13)23-6-5-21/h2-3H,4,6-7,9-10H2,1H3,(H,23,25). The molecule has 1 aliphatic heterocycles. The second kappa shape index (κ2) is 7.65. The molecule has 0 aliphatic carbocycles. The monoisotopic (exact) mass is 370 g/mol. The number of nitrogens with one attached hydrogen (secondary N) is 1. The Balaban J connectivity index is 1.90. The second-order valence-electron chi connectivity index (χ2n) is 6.05. The molecule has 0 radical (unpaired) electrons. The van der Waals surface area contributed by atoms with E-state index in [2.05, 4.69) is 26.3 Å². The molecule has 0 bridgehead atoms. The van der Waals surface area contributed by atoms with Crippen molar-refractivity contribution in [1.82, 2.24) is 14.9 Å². The van der Waals surface area contributed by atoms with E-state index in [1.807, 2.05) is 6.07 Å². The van der Waals surface area contributed by atoms with Crippen molar-refractivity contribution in [2.75, 3.05) is 18.4 Å². The highest BCUT2D eigenvalue weighted by molar-refractivity contribution is 6.30. The van der Waals surface area contributed by atoms with Gasteiger partial charge >= 0.3 is 0 Å². The SMILES string of the molecule is Cc1nc(F)ccc1CN1CCc2c(NCC#N)nc(Cl)c(C#N)c2C1. The van der Waals surface area contributed by atoms with Crippen molar-refractivity contribution in [2.24, 2.45) is 0 Å².